The Balaban J connectivity index is 2.37. The van der Waals surface area contributed by atoms with Gasteiger partial charge in [0.15, 0.2) is 0 Å². The van der Waals surface area contributed by atoms with Crippen LogP contribution in [0.1, 0.15) is 0 Å². The van der Waals surface area contributed by atoms with Gasteiger partial charge >= 0.3 is 0 Å². The van der Waals surface area contributed by atoms with Crippen LogP contribution >= 0.6 is 0 Å². The van der Waals surface area contributed by atoms with Crippen LogP contribution in [0.4, 0.5) is 0 Å². The van der Waals surface area contributed by atoms with Crippen molar-refractivity contribution < 1.29 is 0 Å². The predicted molar refractivity (Wildman–Crippen MR) is 59.5 cm³/mol. The van der Waals surface area contributed by atoms with Gasteiger partial charge in [-0.2, -0.15) is 5.10 Å². The van der Waals surface area contributed by atoms with Gasteiger partial charge in [-0.05, 0) is 12.1 Å². The molecule has 16 heavy (non-hydrogen) atoms. The van der Waals surface area contributed by atoms with Crippen molar-refractivity contribution in [3.05, 3.63) is 53.2 Å². The van der Waals surface area contributed by atoms with Crippen LogP contribution in [-0.2, 0) is 0 Å². The zero-order valence-electron chi connectivity index (χ0n) is 8.29. The zero-order chi connectivity index (χ0) is 11.0. The van der Waals surface area contributed by atoms with Gasteiger partial charge in [0.2, 0.25) is 0 Å². The fourth-order valence-electron chi connectivity index (χ4n) is 1.62. The molecule has 1 N–H and O–H groups in total. The third kappa shape index (κ3) is 1.22. The second kappa shape index (κ2) is 3.30. The van der Waals surface area contributed by atoms with Crippen LogP contribution in [0.5, 0.6) is 0 Å². The number of rotatable bonds is 1. The van der Waals surface area contributed by atoms with Crippen LogP contribution in [-0.4, -0.2) is 19.7 Å². The molecule has 0 amide bonds. The quantitative estimate of drug-likeness (QED) is 0.657. The molecule has 0 aliphatic heterocycles. The van der Waals surface area contributed by atoms with E-state index in [1.165, 1.54) is 10.9 Å². The molecule has 2 aromatic heterocycles. The minimum absolute atomic E-state index is 0.102. The van der Waals surface area contributed by atoms with E-state index < -0.39 is 0 Å². The summed E-state index contributed by atoms with van der Waals surface area (Å²) in [5.74, 6) is 0.614. The molecule has 0 atom stereocenters. The first-order valence-corrected chi connectivity index (χ1v) is 4.82. The van der Waals surface area contributed by atoms with Gasteiger partial charge in [0.25, 0.3) is 5.56 Å². The van der Waals surface area contributed by atoms with Crippen LogP contribution in [0.15, 0.2) is 47.7 Å². The molecule has 0 radical (unpaired) electrons. The Morgan fingerprint density at radius 3 is 2.88 bits per heavy atom. The van der Waals surface area contributed by atoms with E-state index in [1.807, 2.05) is 18.2 Å². The van der Waals surface area contributed by atoms with E-state index in [2.05, 4.69) is 15.2 Å². The molecule has 2 heterocycles. The maximum atomic E-state index is 12.1. The molecule has 5 nitrogen and oxygen atoms in total. The highest BCUT2D eigenvalue weighted by atomic mass is 16.1. The molecular formula is C11H8N4O. The normalized spacial score (nSPS) is 10.8. The fourth-order valence-corrected chi connectivity index (χ4v) is 1.62. The molecule has 78 valence electrons. The predicted octanol–water partition coefficient (Wildman–Crippen LogP) is 1.11. The highest BCUT2D eigenvalue weighted by Crippen LogP contribution is 2.06. The molecule has 1 aromatic carbocycles. The van der Waals surface area contributed by atoms with Gasteiger partial charge in [-0.1, -0.05) is 12.1 Å². The lowest BCUT2D eigenvalue weighted by Crippen LogP contribution is -2.19. The molecule has 0 bridgehead atoms. The summed E-state index contributed by atoms with van der Waals surface area (Å²) in [5.41, 5.74) is 0.595. The number of nitrogens with one attached hydrogen (secondary N) is 1. The summed E-state index contributed by atoms with van der Waals surface area (Å²) in [7, 11) is 0. The molecule has 0 spiro atoms. The van der Waals surface area contributed by atoms with Crippen LogP contribution in [0.3, 0.4) is 0 Å². The lowest BCUT2D eigenvalue weighted by atomic mass is 10.2. The molecule has 0 aliphatic rings. The Bertz CT molecular complexity index is 685. The number of hydrogen-bond donors (Lipinski definition) is 1. The molecule has 0 fully saturated rings. The lowest BCUT2D eigenvalue weighted by molar-refractivity contribution is 0.901. The fraction of sp³-hybridized carbons (Fsp3) is 0. The maximum Gasteiger partial charge on any atom is 0.266 e. The monoisotopic (exact) mass is 212 g/mol. The summed E-state index contributed by atoms with van der Waals surface area (Å²) in [5, 5.41) is 7.14. The van der Waals surface area contributed by atoms with Gasteiger partial charge in [0.05, 0.1) is 17.1 Å². The van der Waals surface area contributed by atoms with E-state index in [-0.39, 0.29) is 5.56 Å². The van der Waals surface area contributed by atoms with Crippen LogP contribution in [0.25, 0.3) is 16.7 Å². The van der Waals surface area contributed by atoms with Gasteiger partial charge in [0, 0.05) is 6.07 Å². The summed E-state index contributed by atoms with van der Waals surface area (Å²) >= 11 is 0. The number of benzene rings is 1. The smallest absolute Gasteiger partial charge is 0.266 e. The first-order valence-electron chi connectivity index (χ1n) is 4.82. The van der Waals surface area contributed by atoms with Crippen LogP contribution in [0.2, 0.25) is 0 Å². The first-order chi connectivity index (χ1) is 7.86. The van der Waals surface area contributed by atoms with Crippen molar-refractivity contribution in [1.82, 2.24) is 19.7 Å². The van der Waals surface area contributed by atoms with Crippen molar-refractivity contribution in [1.29, 1.82) is 0 Å². The van der Waals surface area contributed by atoms with E-state index in [4.69, 9.17) is 0 Å². The Morgan fingerprint density at radius 1 is 1.19 bits per heavy atom. The van der Waals surface area contributed by atoms with Crippen molar-refractivity contribution in [2.45, 2.75) is 0 Å². The number of fused-ring (bicyclic) bond motifs is 1. The minimum Gasteiger partial charge on any atom is -0.268 e. The number of aromatic amines is 1. The van der Waals surface area contributed by atoms with Crippen molar-refractivity contribution in [3.63, 3.8) is 0 Å². The number of hydrogen-bond acceptors (Lipinski definition) is 3. The van der Waals surface area contributed by atoms with E-state index in [9.17, 15) is 4.79 Å². The van der Waals surface area contributed by atoms with Crippen LogP contribution in [0, 0.1) is 0 Å². The molecule has 3 rings (SSSR count). The number of aromatic nitrogens is 4. The third-order valence-corrected chi connectivity index (χ3v) is 2.41. The molecule has 0 saturated carbocycles. The number of nitrogens with zero attached hydrogens (tertiary/aromatic N) is 3. The van der Waals surface area contributed by atoms with Crippen LogP contribution < -0.4 is 5.56 Å². The van der Waals surface area contributed by atoms with Gasteiger partial charge in [0.1, 0.15) is 12.1 Å². The van der Waals surface area contributed by atoms with E-state index in [1.54, 1.807) is 18.3 Å². The Labute approximate surface area is 90.4 Å². The summed E-state index contributed by atoms with van der Waals surface area (Å²) in [6.07, 6.45) is 3.09. The molecule has 3 aromatic rings. The second-order valence-electron chi connectivity index (χ2n) is 3.38. The van der Waals surface area contributed by atoms with Gasteiger partial charge in [-0.3, -0.25) is 14.5 Å². The molecule has 0 unspecified atom stereocenters. The van der Waals surface area contributed by atoms with E-state index in [0.29, 0.717) is 16.7 Å². The van der Waals surface area contributed by atoms with Gasteiger partial charge < -0.3 is 0 Å². The molecular weight excluding hydrogens is 204 g/mol. The lowest BCUT2D eigenvalue weighted by Gasteiger charge is -2.02. The average molecular weight is 212 g/mol. The topological polar surface area (TPSA) is 63.6 Å². The minimum atomic E-state index is -0.102. The summed E-state index contributed by atoms with van der Waals surface area (Å²) in [4.78, 5) is 16.3. The SMILES string of the molecule is O=c1c2ccccc2ncn1-c1ccn[nH]1. The van der Waals surface area contributed by atoms with Crippen molar-refractivity contribution in [2.24, 2.45) is 0 Å². The highest BCUT2D eigenvalue weighted by molar-refractivity contribution is 5.77. The second-order valence-corrected chi connectivity index (χ2v) is 3.38. The molecule has 0 saturated heterocycles. The summed E-state index contributed by atoms with van der Waals surface area (Å²) in [6.45, 7) is 0. The van der Waals surface area contributed by atoms with Gasteiger partial charge in [-0.25, -0.2) is 4.98 Å². The van der Waals surface area contributed by atoms with Crippen molar-refractivity contribution in [3.8, 4) is 5.82 Å². The molecule has 0 aliphatic carbocycles. The number of H-pyrrole nitrogens is 1. The van der Waals surface area contributed by atoms with Crippen molar-refractivity contribution >= 4 is 10.9 Å². The summed E-state index contributed by atoms with van der Waals surface area (Å²) in [6, 6.07) is 8.97. The largest absolute Gasteiger partial charge is 0.268 e. The zero-order valence-corrected chi connectivity index (χ0v) is 8.29. The van der Waals surface area contributed by atoms with E-state index >= 15 is 0 Å². The Hall–Kier alpha value is -2.43. The standard InChI is InChI=1S/C11H8N4O/c16-11-8-3-1-2-4-9(8)12-7-15(11)10-5-6-13-14-10/h1-7H,(H,13,14). The Kier molecular flexibility index (Phi) is 1.83. The van der Waals surface area contributed by atoms with Gasteiger partial charge in [-0.15, -0.1) is 0 Å². The molecule has 5 heteroatoms. The summed E-state index contributed by atoms with van der Waals surface area (Å²) < 4.78 is 1.44. The third-order valence-electron chi connectivity index (χ3n) is 2.41. The maximum absolute atomic E-state index is 12.1. The number of para-hydroxylation sites is 1. The highest BCUT2D eigenvalue weighted by Gasteiger charge is 2.05. The first kappa shape index (κ1) is 8.84. The average Bonchev–Trinajstić information content (AvgIpc) is 2.83. The van der Waals surface area contributed by atoms with Crippen molar-refractivity contribution in [2.75, 3.05) is 0 Å². The van der Waals surface area contributed by atoms with E-state index in [0.717, 1.165) is 0 Å². The Morgan fingerprint density at radius 2 is 2.06 bits per heavy atom.